The Kier molecular flexibility index (Phi) is 5.41. The molecule has 4 nitrogen and oxygen atoms in total. The van der Waals surface area contributed by atoms with E-state index < -0.39 is 6.04 Å². The summed E-state index contributed by atoms with van der Waals surface area (Å²) in [5.74, 6) is -0.240. The Labute approximate surface area is 106 Å². The molecule has 0 saturated carbocycles. The Balaban J connectivity index is 2.75. The van der Waals surface area contributed by atoms with Crippen molar-refractivity contribution in [2.45, 2.75) is 13.0 Å². The predicted octanol–water partition coefficient (Wildman–Crippen LogP) is 1.39. The van der Waals surface area contributed by atoms with Gasteiger partial charge in [-0.3, -0.25) is 4.79 Å². The molecule has 0 aliphatic carbocycles. The van der Waals surface area contributed by atoms with Gasteiger partial charge < -0.3 is 15.2 Å². The van der Waals surface area contributed by atoms with E-state index in [1.54, 1.807) is 18.2 Å². The molecule has 1 atom stereocenters. The van der Waals surface area contributed by atoms with Gasteiger partial charge in [-0.2, -0.15) is 0 Å². The highest BCUT2D eigenvalue weighted by Gasteiger charge is 2.14. The van der Waals surface area contributed by atoms with Gasteiger partial charge in [-0.15, -0.1) is 0 Å². The molecular formula is C12H16ClNO3. The number of nitrogens with one attached hydrogen (secondary N) is 1. The summed E-state index contributed by atoms with van der Waals surface area (Å²) in [4.78, 5) is 11.9. The summed E-state index contributed by atoms with van der Waals surface area (Å²) in [6.45, 7) is 1.92. The van der Waals surface area contributed by atoms with Crippen LogP contribution in [-0.2, 0) is 4.74 Å². The summed E-state index contributed by atoms with van der Waals surface area (Å²) in [5.41, 5.74) is 1.34. The lowest BCUT2D eigenvalue weighted by Crippen LogP contribution is -2.40. The maximum Gasteiger partial charge on any atom is 0.251 e. The lowest BCUT2D eigenvalue weighted by atomic mass is 10.1. The molecule has 1 aromatic rings. The van der Waals surface area contributed by atoms with Gasteiger partial charge in [0.15, 0.2) is 0 Å². The van der Waals surface area contributed by atoms with Crippen molar-refractivity contribution in [1.29, 1.82) is 0 Å². The van der Waals surface area contributed by atoms with Crippen molar-refractivity contribution in [1.82, 2.24) is 5.32 Å². The van der Waals surface area contributed by atoms with Crippen molar-refractivity contribution >= 4 is 17.5 Å². The summed E-state index contributed by atoms with van der Waals surface area (Å²) >= 11 is 5.81. The number of rotatable bonds is 5. The molecule has 1 rings (SSSR count). The third kappa shape index (κ3) is 4.00. The average molecular weight is 258 g/mol. The molecule has 0 heterocycles. The highest BCUT2D eigenvalue weighted by Crippen LogP contribution is 2.15. The van der Waals surface area contributed by atoms with Crippen LogP contribution >= 0.6 is 11.6 Å². The van der Waals surface area contributed by atoms with Gasteiger partial charge in [0.2, 0.25) is 0 Å². The van der Waals surface area contributed by atoms with E-state index in [-0.39, 0.29) is 19.1 Å². The first-order valence-electron chi connectivity index (χ1n) is 5.25. The van der Waals surface area contributed by atoms with Crippen molar-refractivity contribution in [2.24, 2.45) is 0 Å². The molecule has 1 unspecified atom stereocenters. The molecule has 94 valence electrons. The molecule has 5 heteroatoms. The maximum atomic E-state index is 11.9. The van der Waals surface area contributed by atoms with E-state index in [9.17, 15) is 4.79 Å². The summed E-state index contributed by atoms with van der Waals surface area (Å²) < 4.78 is 4.89. The Morgan fingerprint density at radius 1 is 1.59 bits per heavy atom. The molecule has 0 bridgehead atoms. The SMILES string of the molecule is COCC(CO)NC(=O)c1ccc(Cl)cc1C. The van der Waals surface area contributed by atoms with Crippen LogP contribution in [0, 0.1) is 6.92 Å². The number of hydrogen-bond acceptors (Lipinski definition) is 3. The van der Waals surface area contributed by atoms with Crippen LogP contribution < -0.4 is 5.32 Å². The van der Waals surface area contributed by atoms with Crippen molar-refractivity contribution in [3.63, 3.8) is 0 Å². The van der Waals surface area contributed by atoms with Crippen LogP contribution in [0.15, 0.2) is 18.2 Å². The first kappa shape index (κ1) is 14.0. The van der Waals surface area contributed by atoms with Crippen LogP contribution in [0.3, 0.4) is 0 Å². The standard InChI is InChI=1S/C12H16ClNO3/c1-8-5-9(13)3-4-11(8)12(16)14-10(6-15)7-17-2/h3-5,10,15H,6-7H2,1-2H3,(H,14,16). The largest absolute Gasteiger partial charge is 0.394 e. The van der Waals surface area contributed by atoms with Gasteiger partial charge in [-0.25, -0.2) is 0 Å². The van der Waals surface area contributed by atoms with Crippen LogP contribution in [0.1, 0.15) is 15.9 Å². The number of halogens is 1. The van der Waals surface area contributed by atoms with Crippen molar-refractivity contribution in [3.8, 4) is 0 Å². The maximum absolute atomic E-state index is 11.9. The molecule has 2 N–H and O–H groups in total. The zero-order valence-corrected chi connectivity index (χ0v) is 10.6. The summed E-state index contributed by atoms with van der Waals surface area (Å²) in [7, 11) is 1.52. The average Bonchev–Trinajstić information content (AvgIpc) is 2.28. The number of aryl methyl sites for hydroxylation is 1. The number of carbonyl (C=O) groups excluding carboxylic acids is 1. The molecule has 1 aromatic carbocycles. The quantitative estimate of drug-likeness (QED) is 0.838. The molecule has 0 saturated heterocycles. The number of benzene rings is 1. The lowest BCUT2D eigenvalue weighted by molar-refractivity contribution is 0.0839. The monoisotopic (exact) mass is 257 g/mol. The second-order valence-corrected chi connectivity index (χ2v) is 4.20. The molecular weight excluding hydrogens is 242 g/mol. The fourth-order valence-electron chi connectivity index (χ4n) is 1.49. The second-order valence-electron chi connectivity index (χ2n) is 3.77. The Hall–Kier alpha value is -1.10. The van der Waals surface area contributed by atoms with Gasteiger partial charge in [-0.1, -0.05) is 11.6 Å². The molecule has 17 heavy (non-hydrogen) atoms. The lowest BCUT2D eigenvalue weighted by Gasteiger charge is -2.16. The van der Waals surface area contributed by atoms with E-state index in [1.807, 2.05) is 6.92 Å². The van der Waals surface area contributed by atoms with Crippen LogP contribution in [0.4, 0.5) is 0 Å². The first-order chi connectivity index (χ1) is 8.08. The van der Waals surface area contributed by atoms with Crippen molar-refractivity contribution in [3.05, 3.63) is 34.3 Å². The van der Waals surface area contributed by atoms with Crippen LogP contribution in [0.2, 0.25) is 5.02 Å². The van der Waals surface area contributed by atoms with E-state index >= 15 is 0 Å². The number of aliphatic hydroxyl groups excluding tert-OH is 1. The second kappa shape index (κ2) is 6.59. The molecule has 0 spiro atoms. The van der Waals surface area contributed by atoms with E-state index in [4.69, 9.17) is 21.4 Å². The Morgan fingerprint density at radius 3 is 2.82 bits per heavy atom. The zero-order chi connectivity index (χ0) is 12.8. The Morgan fingerprint density at radius 2 is 2.29 bits per heavy atom. The molecule has 0 aliphatic rings. The third-order valence-electron chi connectivity index (χ3n) is 2.36. The minimum absolute atomic E-state index is 0.160. The van der Waals surface area contributed by atoms with E-state index in [1.165, 1.54) is 7.11 Å². The molecule has 0 aromatic heterocycles. The van der Waals surface area contributed by atoms with Gasteiger partial charge in [-0.05, 0) is 30.7 Å². The smallest absolute Gasteiger partial charge is 0.251 e. The topological polar surface area (TPSA) is 58.6 Å². The van der Waals surface area contributed by atoms with Gasteiger partial charge >= 0.3 is 0 Å². The summed E-state index contributed by atoms with van der Waals surface area (Å²) in [5, 5.41) is 12.3. The fourth-order valence-corrected chi connectivity index (χ4v) is 1.71. The number of ether oxygens (including phenoxy) is 1. The fraction of sp³-hybridized carbons (Fsp3) is 0.417. The van der Waals surface area contributed by atoms with Crippen molar-refractivity contribution in [2.75, 3.05) is 20.3 Å². The van der Waals surface area contributed by atoms with Crippen LogP contribution in [0.5, 0.6) is 0 Å². The van der Waals surface area contributed by atoms with Gasteiger partial charge in [0.1, 0.15) is 0 Å². The predicted molar refractivity (Wildman–Crippen MR) is 66.4 cm³/mol. The Bertz CT molecular complexity index is 395. The number of methoxy groups -OCH3 is 1. The van der Waals surface area contributed by atoms with Gasteiger partial charge in [0, 0.05) is 17.7 Å². The molecule has 0 aliphatic heterocycles. The summed E-state index contributed by atoms with van der Waals surface area (Å²) in [6, 6.07) is 4.64. The normalized spacial score (nSPS) is 12.2. The zero-order valence-electron chi connectivity index (χ0n) is 9.87. The number of hydrogen-bond donors (Lipinski definition) is 2. The van der Waals surface area contributed by atoms with Crippen LogP contribution in [0.25, 0.3) is 0 Å². The minimum atomic E-state index is -0.400. The van der Waals surface area contributed by atoms with Gasteiger partial charge in [0.25, 0.3) is 5.91 Å². The number of amides is 1. The highest BCUT2D eigenvalue weighted by molar-refractivity contribution is 6.30. The highest BCUT2D eigenvalue weighted by atomic mass is 35.5. The number of carbonyl (C=O) groups is 1. The van der Waals surface area contributed by atoms with E-state index in [0.717, 1.165) is 5.56 Å². The van der Waals surface area contributed by atoms with E-state index in [2.05, 4.69) is 5.32 Å². The van der Waals surface area contributed by atoms with Gasteiger partial charge in [0.05, 0.1) is 19.3 Å². The van der Waals surface area contributed by atoms with E-state index in [0.29, 0.717) is 10.6 Å². The number of aliphatic hydroxyl groups is 1. The molecule has 0 radical (unpaired) electrons. The first-order valence-corrected chi connectivity index (χ1v) is 5.63. The molecule has 1 amide bonds. The summed E-state index contributed by atoms with van der Waals surface area (Å²) in [6.07, 6.45) is 0. The van der Waals surface area contributed by atoms with Crippen LogP contribution in [-0.4, -0.2) is 37.4 Å². The van der Waals surface area contributed by atoms with Crippen molar-refractivity contribution < 1.29 is 14.6 Å². The minimum Gasteiger partial charge on any atom is -0.394 e. The third-order valence-corrected chi connectivity index (χ3v) is 2.59. The molecule has 0 fully saturated rings.